The summed E-state index contributed by atoms with van der Waals surface area (Å²) in [7, 11) is 0. The van der Waals surface area contributed by atoms with Gasteiger partial charge in [0.2, 0.25) is 0 Å². The number of ketones is 1. The minimum atomic E-state index is -0.983. The molecule has 3 heterocycles. The van der Waals surface area contributed by atoms with Gasteiger partial charge in [-0.15, -0.1) is 0 Å². The zero-order valence-electron chi connectivity index (χ0n) is 24.8. The number of Topliss-reactive ketones (excluding diaryl/α,β-unsaturated/α-hetero) is 1. The summed E-state index contributed by atoms with van der Waals surface area (Å²) in [5, 5.41) is 11.0. The van der Waals surface area contributed by atoms with E-state index in [0.29, 0.717) is 18.7 Å². The first kappa shape index (κ1) is 30.7. The zero-order valence-corrected chi connectivity index (χ0v) is 24.8. The number of esters is 1. The van der Waals surface area contributed by atoms with E-state index in [-0.39, 0.29) is 36.3 Å². The van der Waals surface area contributed by atoms with Crippen molar-refractivity contribution in [2.24, 2.45) is 11.8 Å². The third-order valence-electron chi connectivity index (χ3n) is 8.03. The molecule has 0 bridgehead atoms. The maximum absolute atomic E-state index is 14.7. The molecule has 43 heavy (non-hydrogen) atoms. The molecular formula is C33H36F3N3O4. The van der Waals surface area contributed by atoms with Crippen molar-refractivity contribution >= 4 is 17.4 Å². The van der Waals surface area contributed by atoms with Gasteiger partial charge in [-0.2, -0.15) is 0 Å². The molecule has 0 amide bonds. The van der Waals surface area contributed by atoms with E-state index in [4.69, 9.17) is 4.74 Å². The standard InChI is InChI=1S/C33H36F3N3O4/c1-18-16-39(17-20(32(18)42)14-28(41)43-33(2,3)4)31-19(15-37-25-10-5-7-21(25)31)13-27(40)26-12-11-24(36)30(38-26)29-22(34)8-6-9-23(29)35/h6,8-9,11-12,15,18,20,32,42H,5,7,10,13-14,16-17H2,1-4H3/t18-,20+,32+/m0/s1. The van der Waals surface area contributed by atoms with Crippen LogP contribution in [0.5, 0.6) is 0 Å². The van der Waals surface area contributed by atoms with Crippen LogP contribution in [-0.4, -0.2) is 51.6 Å². The normalized spacial score (nSPS) is 20.2. The van der Waals surface area contributed by atoms with E-state index in [9.17, 15) is 27.9 Å². The number of fused-ring (bicyclic) bond motifs is 1. The first-order valence-electron chi connectivity index (χ1n) is 14.6. The number of carbonyl (C=O) groups excluding carboxylic acids is 2. The lowest BCUT2D eigenvalue weighted by Gasteiger charge is -2.42. The molecule has 3 atom stereocenters. The largest absolute Gasteiger partial charge is 0.460 e. The second-order valence-electron chi connectivity index (χ2n) is 12.6. The molecule has 1 aliphatic heterocycles. The maximum atomic E-state index is 14.7. The molecule has 7 nitrogen and oxygen atoms in total. The Morgan fingerprint density at radius 2 is 1.77 bits per heavy atom. The summed E-state index contributed by atoms with van der Waals surface area (Å²) in [6.07, 6.45) is 3.38. The molecule has 1 fully saturated rings. The van der Waals surface area contributed by atoms with Crippen molar-refractivity contribution in [3.63, 3.8) is 0 Å². The van der Waals surface area contributed by atoms with Gasteiger partial charge >= 0.3 is 5.97 Å². The van der Waals surface area contributed by atoms with Gasteiger partial charge in [0.25, 0.3) is 0 Å². The first-order chi connectivity index (χ1) is 20.3. The molecule has 0 radical (unpaired) electrons. The van der Waals surface area contributed by atoms with Crippen molar-refractivity contribution in [2.75, 3.05) is 18.0 Å². The number of anilines is 1. The van der Waals surface area contributed by atoms with Crippen LogP contribution in [0.2, 0.25) is 0 Å². The van der Waals surface area contributed by atoms with Gasteiger partial charge in [0, 0.05) is 48.6 Å². The van der Waals surface area contributed by atoms with Crippen LogP contribution >= 0.6 is 0 Å². The van der Waals surface area contributed by atoms with E-state index < -0.39 is 46.2 Å². The number of halogens is 3. The van der Waals surface area contributed by atoms with Crippen molar-refractivity contribution in [3.8, 4) is 11.3 Å². The number of aliphatic hydroxyl groups excluding tert-OH is 1. The van der Waals surface area contributed by atoms with Crippen LogP contribution in [0.4, 0.5) is 18.9 Å². The van der Waals surface area contributed by atoms with Gasteiger partial charge in [-0.3, -0.25) is 14.6 Å². The van der Waals surface area contributed by atoms with Gasteiger partial charge in [0.05, 0.1) is 18.1 Å². The SMILES string of the molecule is C[C@H]1CN(c2c(CC(=O)c3ccc(F)c(-c4c(F)cccc4F)n3)cnc3c2CCC3)C[C@@H](CC(=O)OC(C)(C)C)[C@@H]1O. The number of aliphatic hydroxyl groups is 1. The molecule has 5 rings (SSSR count). The Labute approximate surface area is 249 Å². The van der Waals surface area contributed by atoms with Gasteiger partial charge in [0.15, 0.2) is 5.78 Å². The highest BCUT2D eigenvalue weighted by molar-refractivity contribution is 5.97. The lowest BCUT2D eigenvalue weighted by molar-refractivity contribution is -0.157. The van der Waals surface area contributed by atoms with E-state index >= 15 is 0 Å². The fourth-order valence-corrected chi connectivity index (χ4v) is 6.17. The number of nitrogens with zero attached hydrogens (tertiary/aromatic N) is 3. The fourth-order valence-electron chi connectivity index (χ4n) is 6.17. The molecule has 1 saturated heterocycles. The summed E-state index contributed by atoms with van der Waals surface area (Å²) in [5.41, 5.74) is 1.49. The van der Waals surface area contributed by atoms with E-state index in [2.05, 4.69) is 14.9 Å². The number of pyridine rings is 2. The highest BCUT2D eigenvalue weighted by Crippen LogP contribution is 2.38. The molecule has 1 aliphatic carbocycles. The van der Waals surface area contributed by atoms with Crippen molar-refractivity contribution in [1.82, 2.24) is 9.97 Å². The van der Waals surface area contributed by atoms with Crippen molar-refractivity contribution in [1.29, 1.82) is 0 Å². The number of ether oxygens (including phenoxy) is 1. The number of aromatic nitrogens is 2. The summed E-state index contributed by atoms with van der Waals surface area (Å²) in [6.45, 7) is 8.21. The second kappa shape index (κ2) is 12.1. The van der Waals surface area contributed by atoms with E-state index in [0.717, 1.165) is 54.4 Å². The summed E-state index contributed by atoms with van der Waals surface area (Å²) in [4.78, 5) is 37.0. The van der Waals surface area contributed by atoms with Crippen LogP contribution < -0.4 is 4.90 Å². The lowest BCUT2D eigenvalue weighted by Crippen LogP contribution is -2.50. The number of hydrogen-bond donors (Lipinski definition) is 1. The first-order valence-corrected chi connectivity index (χ1v) is 14.6. The predicted octanol–water partition coefficient (Wildman–Crippen LogP) is 5.64. The predicted molar refractivity (Wildman–Crippen MR) is 155 cm³/mol. The summed E-state index contributed by atoms with van der Waals surface area (Å²) in [6, 6.07) is 5.36. The monoisotopic (exact) mass is 595 g/mol. The molecule has 0 spiro atoms. The molecule has 2 aromatic heterocycles. The quantitative estimate of drug-likeness (QED) is 0.279. The number of rotatable bonds is 7. The van der Waals surface area contributed by atoms with E-state index in [1.807, 2.05) is 6.92 Å². The Bertz CT molecular complexity index is 1530. The Hall–Kier alpha value is -3.79. The summed E-state index contributed by atoms with van der Waals surface area (Å²) >= 11 is 0. The fraction of sp³-hybridized carbons (Fsp3) is 0.455. The molecule has 1 aromatic carbocycles. The maximum Gasteiger partial charge on any atom is 0.306 e. The molecule has 10 heteroatoms. The number of benzene rings is 1. The molecule has 3 aromatic rings. The average Bonchev–Trinajstić information content (AvgIpc) is 3.40. The number of aryl methyl sites for hydroxylation is 1. The van der Waals surface area contributed by atoms with Crippen molar-refractivity contribution in [2.45, 2.75) is 71.5 Å². The van der Waals surface area contributed by atoms with E-state index in [1.165, 1.54) is 12.1 Å². The van der Waals surface area contributed by atoms with Gasteiger partial charge in [-0.25, -0.2) is 18.2 Å². The molecule has 228 valence electrons. The highest BCUT2D eigenvalue weighted by Gasteiger charge is 2.38. The van der Waals surface area contributed by atoms with Gasteiger partial charge < -0.3 is 14.7 Å². The minimum Gasteiger partial charge on any atom is -0.460 e. The third-order valence-corrected chi connectivity index (χ3v) is 8.03. The van der Waals surface area contributed by atoms with Crippen LogP contribution in [0, 0.1) is 29.3 Å². The average molecular weight is 596 g/mol. The van der Waals surface area contributed by atoms with Gasteiger partial charge in [-0.05, 0) is 75.8 Å². The van der Waals surface area contributed by atoms with E-state index in [1.54, 1.807) is 27.0 Å². The zero-order chi connectivity index (χ0) is 31.1. The van der Waals surface area contributed by atoms with Crippen molar-refractivity contribution in [3.05, 3.63) is 76.5 Å². The van der Waals surface area contributed by atoms with Crippen LogP contribution in [0.25, 0.3) is 11.3 Å². The Morgan fingerprint density at radius 3 is 2.47 bits per heavy atom. The van der Waals surface area contributed by atoms with Gasteiger partial charge in [-0.1, -0.05) is 13.0 Å². The topological polar surface area (TPSA) is 92.6 Å². The van der Waals surface area contributed by atoms with Gasteiger partial charge in [0.1, 0.15) is 34.4 Å². The Morgan fingerprint density at radius 1 is 1.05 bits per heavy atom. The van der Waals surface area contributed by atoms with Crippen LogP contribution in [-0.2, 0) is 28.8 Å². The van der Waals surface area contributed by atoms with Crippen LogP contribution in [0.15, 0.2) is 36.5 Å². The minimum absolute atomic E-state index is 0.0513. The number of piperidine rings is 1. The second-order valence-corrected chi connectivity index (χ2v) is 12.6. The smallest absolute Gasteiger partial charge is 0.306 e. The molecule has 0 saturated carbocycles. The summed E-state index contributed by atoms with van der Waals surface area (Å²) < 4.78 is 49.1. The molecule has 0 unspecified atom stereocenters. The molecular weight excluding hydrogens is 559 g/mol. The van der Waals surface area contributed by atoms with Crippen LogP contribution in [0.1, 0.15) is 67.8 Å². The lowest BCUT2D eigenvalue weighted by atomic mass is 9.84. The molecule has 2 aliphatic rings. The Kier molecular flexibility index (Phi) is 8.61. The summed E-state index contributed by atoms with van der Waals surface area (Å²) in [5.74, 6) is -4.31. The number of hydrogen-bond acceptors (Lipinski definition) is 7. The van der Waals surface area contributed by atoms with Crippen molar-refractivity contribution < 1.29 is 32.6 Å². The molecule has 1 N–H and O–H groups in total. The Balaban J connectivity index is 1.46. The van der Waals surface area contributed by atoms with Crippen LogP contribution in [0.3, 0.4) is 0 Å². The third kappa shape index (κ3) is 6.59. The highest BCUT2D eigenvalue weighted by atomic mass is 19.1. The number of carbonyl (C=O) groups is 2.